The minimum Gasteiger partial charge on any atom is -0.493 e. The number of ketones is 1. The van der Waals surface area contributed by atoms with Crippen LogP contribution < -0.4 is 14.2 Å². The first-order chi connectivity index (χ1) is 15.6. The third-order valence-corrected chi connectivity index (χ3v) is 8.20. The summed E-state index contributed by atoms with van der Waals surface area (Å²) in [6, 6.07) is 6.65. The number of nitro benzene ring substituents is 1. The van der Waals surface area contributed by atoms with E-state index in [-0.39, 0.29) is 53.8 Å². The number of fused-ring (bicyclic) bond motifs is 1. The van der Waals surface area contributed by atoms with Crippen molar-refractivity contribution in [2.45, 2.75) is 29.8 Å². The lowest BCUT2D eigenvalue weighted by atomic mass is 9.83. The second-order valence-corrected chi connectivity index (χ2v) is 10.2. The molecule has 176 valence electrons. The monoisotopic (exact) mass is 496 g/mol. The summed E-state index contributed by atoms with van der Waals surface area (Å²) in [6.45, 7) is 0.154. The average Bonchev–Trinajstić information content (AvgIpc) is 2.78. The third-order valence-electron chi connectivity index (χ3n) is 5.99. The van der Waals surface area contributed by atoms with Gasteiger partial charge in [0.05, 0.1) is 36.0 Å². The van der Waals surface area contributed by atoms with E-state index < -0.39 is 26.2 Å². The zero-order chi connectivity index (χ0) is 24.0. The van der Waals surface area contributed by atoms with Gasteiger partial charge in [0, 0.05) is 32.0 Å². The van der Waals surface area contributed by atoms with Gasteiger partial charge in [0.15, 0.2) is 17.3 Å². The summed E-state index contributed by atoms with van der Waals surface area (Å²) in [7, 11) is -1.07. The Morgan fingerprint density at radius 3 is 2.45 bits per heavy atom. The summed E-state index contributed by atoms with van der Waals surface area (Å²) in [6.07, 6.45) is 0.622. The zero-order valence-corrected chi connectivity index (χ0v) is 19.4. The topological polar surface area (TPSA) is 125 Å². The van der Waals surface area contributed by atoms with Crippen LogP contribution in [0, 0.1) is 10.1 Å². The minimum absolute atomic E-state index is 0.0770. The van der Waals surface area contributed by atoms with Crippen molar-refractivity contribution in [1.82, 2.24) is 4.31 Å². The predicted octanol–water partition coefficient (Wildman–Crippen LogP) is 3.45. The van der Waals surface area contributed by atoms with E-state index in [0.717, 1.165) is 6.07 Å². The molecule has 33 heavy (non-hydrogen) atoms. The lowest BCUT2D eigenvalue weighted by Crippen LogP contribution is -2.52. The van der Waals surface area contributed by atoms with E-state index in [2.05, 4.69) is 0 Å². The van der Waals surface area contributed by atoms with Crippen LogP contribution in [0.15, 0.2) is 35.2 Å². The summed E-state index contributed by atoms with van der Waals surface area (Å²) in [4.78, 5) is 23.1. The van der Waals surface area contributed by atoms with Gasteiger partial charge in [0.25, 0.3) is 5.69 Å². The van der Waals surface area contributed by atoms with E-state index in [4.69, 9.17) is 25.8 Å². The van der Waals surface area contributed by atoms with Crippen LogP contribution in [0.5, 0.6) is 17.2 Å². The van der Waals surface area contributed by atoms with Crippen molar-refractivity contribution in [3.05, 3.63) is 51.0 Å². The van der Waals surface area contributed by atoms with Crippen LogP contribution in [0.1, 0.15) is 29.6 Å². The number of piperidine rings is 1. The predicted molar refractivity (Wildman–Crippen MR) is 118 cm³/mol. The van der Waals surface area contributed by atoms with E-state index >= 15 is 0 Å². The Labute approximate surface area is 195 Å². The second kappa shape index (κ2) is 8.47. The maximum absolute atomic E-state index is 13.1. The van der Waals surface area contributed by atoms with E-state index in [9.17, 15) is 23.3 Å². The van der Waals surface area contributed by atoms with Crippen LogP contribution in [0.25, 0.3) is 0 Å². The second-order valence-electron chi connectivity index (χ2n) is 7.84. The fourth-order valence-electron chi connectivity index (χ4n) is 4.21. The Kier molecular flexibility index (Phi) is 5.97. The van der Waals surface area contributed by atoms with Gasteiger partial charge < -0.3 is 14.2 Å². The molecule has 0 aliphatic carbocycles. The Morgan fingerprint density at radius 1 is 1.15 bits per heavy atom. The molecule has 2 heterocycles. The number of sulfonamides is 1. The smallest absolute Gasteiger partial charge is 0.289 e. The molecular formula is C21H21ClN2O8S. The number of hydrogen-bond donors (Lipinski definition) is 0. The molecule has 4 rings (SSSR count). The van der Waals surface area contributed by atoms with Gasteiger partial charge in [-0.3, -0.25) is 14.9 Å². The molecule has 0 unspecified atom stereocenters. The van der Waals surface area contributed by atoms with Crippen LogP contribution in [0.3, 0.4) is 0 Å². The van der Waals surface area contributed by atoms with Crippen LogP contribution in [0.2, 0.25) is 5.02 Å². The number of hydrogen-bond acceptors (Lipinski definition) is 8. The van der Waals surface area contributed by atoms with E-state index in [1.807, 2.05) is 0 Å². The first kappa shape index (κ1) is 23.3. The maximum atomic E-state index is 13.1. The molecule has 1 fully saturated rings. The molecule has 1 spiro atoms. The highest BCUT2D eigenvalue weighted by Crippen LogP contribution is 2.48. The summed E-state index contributed by atoms with van der Waals surface area (Å²) in [5.74, 6) is 0.899. The molecule has 2 aromatic carbocycles. The van der Waals surface area contributed by atoms with Gasteiger partial charge in [-0.2, -0.15) is 4.31 Å². The third kappa shape index (κ3) is 4.00. The van der Waals surface area contributed by atoms with Gasteiger partial charge in [0.1, 0.15) is 10.6 Å². The average molecular weight is 497 g/mol. The van der Waals surface area contributed by atoms with Gasteiger partial charge in [-0.15, -0.1) is 0 Å². The molecule has 12 heteroatoms. The van der Waals surface area contributed by atoms with Gasteiger partial charge in [0.2, 0.25) is 15.8 Å². The molecule has 2 aliphatic rings. The number of Topliss-reactive ketones (excluding diaryl/α,β-unsaturated/α-hetero) is 1. The molecule has 0 saturated carbocycles. The van der Waals surface area contributed by atoms with Crippen molar-refractivity contribution in [2.24, 2.45) is 0 Å². The molecule has 0 N–H and O–H groups in total. The van der Waals surface area contributed by atoms with Crippen molar-refractivity contribution >= 4 is 33.1 Å². The van der Waals surface area contributed by atoms with Gasteiger partial charge in [-0.05, 0) is 24.3 Å². The highest BCUT2D eigenvalue weighted by atomic mass is 35.5. The molecule has 10 nitrogen and oxygen atoms in total. The van der Waals surface area contributed by atoms with Gasteiger partial charge in [-0.1, -0.05) is 11.6 Å². The highest BCUT2D eigenvalue weighted by Gasteiger charge is 2.46. The maximum Gasteiger partial charge on any atom is 0.289 e. The summed E-state index contributed by atoms with van der Waals surface area (Å²) in [5.41, 5.74) is -0.978. The summed E-state index contributed by atoms with van der Waals surface area (Å²) in [5, 5.41) is 11.0. The number of rotatable bonds is 5. The number of benzene rings is 2. The molecule has 2 aromatic rings. The summed E-state index contributed by atoms with van der Waals surface area (Å²) >= 11 is 5.81. The van der Waals surface area contributed by atoms with Crippen molar-refractivity contribution in [3.63, 3.8) is 0 Å². The van der Waals surface area contributed by atoms with Crippen LogP contribution in [-0.4, -0.2) is 56.3 Å². The number of methoxy groups -OCH3 is 2. The van der Waals surface area contributed by atoms with Gasteiger partial charge in [-0.25, -0.2) is 8.42 Å². The Hall–Kier alpha value is -2.89. The Morgan fingerprint density at radius 2 is 1.85 bits per heavy atom. The molecule has 0 radical (unpaired) electrons. The van der Waals surface area contributed by atoms with Crippen LogP contribution >= 0.6 is 11.6 Å². The van der Waals surface area contributed by atoms with Crippen molar-refractivity contribution in [2.75, 3.05) is 27.3 Å². The lowest BCUT2D eigenvalue weighted by molar-refractivity contribution is -0.384. The Bertz CT molecular complexity index is 1240. The SMILES string of the molecule is COc1ccc2c(c1OC)OC1(CCN(S(=O)(=O)c3ccc(Cl)c([N+](=O)[O-])c3)CC1)CC2=O. The first-order valence-electron chi connectivity index (χ1n) is 10.0. The van der Waals surface area contributed by atoms with Gasteiger partial charge >= 0.3 is 0 Å². The molecule has 0 amide bonds. The highest BCUT2D eigenvalue weighted by molar-refractivity contribution is 7.89. The fraction of sp³-hybridized carbons (Fsp3) is 0.381. The van der Waals surface area contributed by atoms with Crippen LogP contribution in [-0.2, 0) is 10.0 Å². The zero-order valence-electron chi connectivity index (χ0n) is 17.9. The largest absolute Gasteiger partial charge is 0.493 e. The number of halogens is 1. The molecule has 0 aromatic heterocycles. The molecular weight excluding hydrogens is 476 g/mol. The normalized spacial score (nSPS) is 17.8. The van der Waals surface area contributed by atoms with E-state index in [1.165, 1.54) is 30.7 Å². The van der Waals surface area contributed by atoms with E-state index in [1.54, 1.807) is 12.1 Å². The first-order valence-corrected chi connectivity index (χ1v) is 11.8. The van der Waals surface area contributed by atoms with Crippen molar-refractivity contribution < 1.29 is 32.3 Å². The number of nitro groups is 1. The number of carbonyl (C=O) groups excluding carboxylic acids is 1. The Balaban J connectivity index is 1.59. The summed E-state index contributed by atoms with van der Waals surface area (Å²) < 4.78 is 44.4. The lowest BCUT2D eigenvalue weighted by Gasteiger charge is -2.43. The van der Waals surface area contributed by atoms with Crippen molar-refractivity contribution in [1.29, 1.82) is 0 Å². The quantitative estimate of drug-likeness (QED) is 0.455. The number of nitrogens with zero attached hydrogens (tertiary/aromatic N) is 2. The number of ether oxygens (including phenoxy) is 3. The molecule has 0 bridgehead atoms. The standard InChI is InChI=1S/C21H21ClN2O8S/c1-30-18-6-4-14-17(25)12-21(32-19(14)20(18)31-2)7-9-23(10-8-21)33(28,29)13-3-5-15(22)16(11-13)24(26)27/h3-6,11H,7-10,12H2,1-2H3. The van der Waals surface area contributed by atoms with E-state index in [0.29, 0.717) is 17.1 Å². The fourth-order valence-corrected chi connectivity index (χ4v) is 5.86. The minimum atomic E-state index is -4.00. The van der Waals surface area contributed by atoms with Crippen LogP contribution in [0.4, 0.5) is 5.69 Å². The molecule has 1 saturated heterocycles. The molecule has 2 aliphatic heterocycles. The molecule has 0 atom stereocenters. The number of carbonyl (C=O) groups is 1. The van der Waals surface area contributed by atoms with Crippen molar-refractivity contribution in [3.8, 4) is 17.2 Å².